The molecule has 0 aliphatic heterocycles. The third kappa shape index (κ3) is 2.82. The lowest BCUT2D eigenvalue weighted by Gasteiger charge is -2.23. The summed E-state index contributed by atoms with van der Waals surface area (Å²) < 4.78 is 7.16. The molecule has 19 heavy (non-hydrogen) atoms. The Morgan fingerprint density at radius 1 is 1.37 bits per heavy atom. The van der Waals surface area contributed by atoms with Crippen LogP contribution in [0.2, 0.25) is 0 Å². The number of hydrogen-bond donors (Lipinski definition) is 1. The molecule has 0 radical (unpaired) electrons. The van der Waals surface area contributed by atoms with Crippen LogP contribution >= 0.6 is 15.9 Å². The van der Waals surface area contributed by atoms with Gasteiger partial charge in [0, 0.05) is 16.1 Å². The van der Waals surface area contributed by atoms with Crippen LogP contribution < -0.4 is 10.5 Å². The molecule has 0 aromatic heterocycles. The molecule has 104 valence electrons. The van der Waals surface area contributed by atoms with Crippen molar-refractivity contribution >= 4 is 15.9 Å². The fourth-order valence-corrected chi connectivity index (χ4v) is 4.13. The monoisotopic (exact) mass is 323 g/mol. The van der Waals surface area contributed by atoms with Crippen LogP contribution in [-0.4, -0.2) is 6.61 Å². The molecule has 0 saturated heterocycles. The lowest BCUT2D eigenvalue weighted by atomic mass is 9.89. The first-order valence-corrected chi connectivity index (χ1v) is 8.10. The van der Waals surface area contributed by atoms with E-state index in [2.05, 4.69) is 22.0 Å². The van der Waals surface area contributed by atoms with Gasteiger partial charge in [0.25, 0.3) is 0 Å². The number of ether oxygens (including phenoxy) is 1. The average Bonchev–Trinajstić information content (AvgIpc) is 2.98. The molecule has 0 heterocycles. The Labute approximate surface area is 123 Å². The second kappa shape index (κ2) is 5.45. The first-order chi connectivity index (χ1) is 9.13. The predicted molar refractivity (Wildman–Crippen MR) is 81.2 cm³/mol. The molecular formula is C16H22BrNO. The Kier molecular flexibility index (Phi) is 3.86. The van der Waals surface area contributed by atoms with Gasteiger partial charge in [0.2, 0.25) is 0 Å². The van der Waals surface area contributed by atoms with Gasteiger partial charge in [-0.05, 0) is 56.1 Å². The van der Waals surface area contributed by atoms with Crippen molar-refractivity contribution in [1.29, 1.82) is 0 Å². The summed E-state index contributed by atoms with van der Waals surface area (Å²) in [5.74, 6) is 3.61. The summed E-state index contributed by atoms with van der Waals surface area (Å²) in [6.45, 7) is 2.87. The van der Waals surface area contributed by atoms with Gasteiger partial charge in [0.15, 0.2) is 0 Å². The average molecular weight is 324 g/mol. The Morgan fingerprint density at radius 2 is 2.21 bits per heavy atom. The van der Waals surface area contributed by atoms with Crippen LogP contribution in [-0.2, 0) is 0 Å². The summed E-state index contributed by atoms with van der Waals surface area (Å²) in [5, 5.41) is 0. The molecule has 4 atom stereocenters. The third-order valence-corrected chi connectivity index (χ3v) is 5.30. The molecule has 2 bridgehead atoms. The molecule has 2 nitrogen and oxygen atoms in total. The van der Waals surface area contributed by atoms with Crippen molar-refractivity contribution in [1.82, 2.24) is 0 Å². The quantitative estimate of drug-likeness (QED) is 0.897. The molecule has 1 aromatic rings. The van der Waals surface area contributed by atoms with Crippen molar-refractivity contribution < 1.29 is 4.74 Å². The topological polar surface area (TPSA) is 35.2 Å². The van der Waals surface area contributed by atoms with Gasteiger partial charge < -0.3 is 10.5 Å². The molecule has 2 saturated carbocycles. The van der Waals surface area contributed by atoms with E-state index in [4.69, 9.17) is 10.5 Å². The minimum atomic E-state index is 0.0168. The minimum absolute atomic E-state index is 0.0168. The van der Waals surface area contributed by atoms with Gasteiger partial charge in [-0.15, -0.1) is 0 Å². The lowest BCUT2D eigenvalue weighted by Crippen LogP contribution is -2.19. The molecule has 1 aromatic carbocycles. The first-order valence-electron chi connectivity index (χ1n) is 7.31. The molecule has 2 fully saturated rings. The van der Waals surface area contributed by atoms with E-state index in [0.717, 1.165) is 40.1 Å². The van der Waals surface area contributed by atoms with Gasteiger partial charge in [-0.1, -0.05) is 28.4 Å². The van der Waals surface area contributed by atoms with Crippen LogP contribution in [0.4, 0.5) is 0 Å². The largest absolute Gasteiger partial charge is 0.493 e. The van der Waals surface area contributed by atoms with E-state index >= 15 is 0 Å². The summed E-state index contributed by atoms with van der Waals surface area (Å²) in [4.78, 5) is 0. The van der Waals surface area contributed by atoms with Gasteiger partial charge in [0.1, 0.15) is 5.75 Å². The van der Waals surface area contributed by atoms with E-state index in [-0.39, 0.29) is 6.04 Å². The highest BCUT2D eigenvalue weighted by molar-refractivity contribution is 9.10. The van der Waals surface area contributed by atoms with Crippen LogP contribution in [0, 0.1) is 17.8 Å². The zero-order valence-corrected chi connectivity index (χ0v) is 13.0. The Morgan fingerprint density at radius 3 is 2.84 bits per heavy atom. The molecular weight excluding hydrogens is 302 g/mol. The lowest BCUT2D eigenvalue weighted by molar-refractivity contribution is 0.193. The van der Waals surface area contributed by atoms with Crippen molar-refractivity contribution in [3.05, 3.63) is 28.2 Å². The maximum atomic E-state index is 6.11. The van der Waals surface area contributed by atoms with E-state index in [1.54, 1.807) is 0 Å². The standard InChI is InChI=1S/C16H22BrNO/c1-10(18)15-5-4-14(17)8-16(15)19-9-13-7-11-2-3-12(13)6-11/h4-5,8,10-13H,2-3,6-7,9,18H2,1H3. The van der Waals surface area contributed by atoms with E-state index in [0.29, 0.717) is 0 Å². The van der Waals surface area contributed by atoms with Crippen molar-refractivity contribution in [3.8, 4) is 5.75 Å². The Bertz CT molecular complexity index is 460. The molecule has 0 amide bonds. The molecule has 4 unspecified atom stereocenters. The summed E-state index contributed by atoms with van der Waals surface area (Å²) >= 11 is 3.51. The van der Waals surface area contributed by atoms with E-state index < -0.39 is 0 Å². The van der Waals surface area contributed by atoms with Crippen LogP contribution in [0.1, 0.15) is 44.2 Å². The van der Waals surface area contributed by atoms with Gasteiger partial charge >= 0.3 is 0 Å². The van der Waals surface area contributed by atoms with Gasteiger partial charge in [-0.25, -0.2) is 0 Å². The zero-order chi connectivity index (χ0) is 13.4. The van der Waals surface area contributed by atoms with Crippen molar-refractivity contribution in [2.75, 3.05) is 6.61 Å². The first kappa shape index (κ1) is 13.4. The van der Waals surface area contributed by atoms with Crippen LogP contribution in [0.5, 0.6) is 5.75 Å². The number of benzene rings is 1. The molecule has 3 rings (SSSR count). The molecule has 3 heteroatoms. The zero-order valence-electron chi connectivity index (χ0n) is 11.4. The van der Waals surface area contributed by atoms with Gasteiger partial charge in [0.05, 0.1) is 6.61 Å². The van der Waals surface area contributed by atoms with E-state index in [1.807, 2.05) is 19.1 Å². The van der Waals surface area contributed by atoms with E-state index in [9.17, 15) is 0 Å². The Hall–Kier alpha value is -0.540. The maximum Gasteiger partial charge on any atom is 0.125 e. The third-order valence-electron chi connectivity index (χ3n) is 4.80. The smallest absolute Gasteiger partial charge is 0.125 e. The predicted octanol–water partition coefficient (Wildman–Crippen LogP) is 4.28. The highest BCUT2D eigenvalue weighted by atomic mass is 79.9. The van der Waals surface area contributed by atoms with Crippen molar-refractivity contribution in [3.63, 3.8) is 0 Å². The molecule has 0 spiro atoms. The summed E-state index contributed by atoms with van der Waals surface area (Å²) in [6.07, 6.45) is 5.67. The van der Waals surface area contributed by atoms with Crippen molar-refractivity contribution in [2.24, 2.45) is 23.5 Å². The van der Waals surface area contributed by atoms with E-state index in [1.165, 1.54) is 25.7 Å². The number of hydrogen-bond acceptors (Lipinski definition) is 2. The van der Waals surface area contributed by atoms with Crippen LogP contribution in [0.3, 0.4) is 0 Å². The van der Waals surface area contributed by atoms with Crippen LogP contribution in [0.25, 0.3) is 0 Å². The normalized spacial score (nSPS) is 30.6. The second-order valence-electron chi connectivity index (χ2n) is 6.22. The second-order valence-corrected chi connectivity index (χ2v) is 7.13. The van der Waals surface area contributed by atoms with Gasteiger partial charge in [-0.3, -0.25) is 0 Å². The number of nitrogens with two attached hydrogens (primary N) is 1. The van der Waals surface area contributed by atoms with Crippen molar-refractivity contribution in [2.45, 2.75) is 38.6 Å². The van der Waals surface area contributed by atoms with Gasteiger partial charge in [-0.2, -0.15) is 0 Å². The minimum Gasteiger partial charge on any atom is -0.493 e. The highest BCUT2D eigenvalue weighted by Crippen LogP contribution is 2.48. The number of fused-ring (bicyclic) bond motifs is 2. The summed E-state index contributed by atoms with van der Waals surface area (Å²) in [6, 6.07) is 6.16. The SMILES string of the molecule is CC(N)c1ccc(Br)cc1OCC1CC2CCC1C2. The number of halogens is 1. The maximum absolute atomic E-state index is 6.11. The molecule has 2 aliphatic rings. The molecule has 2 N–H and O–H groups in total. The fraction of sp³-hybridized carbons (Fsp3) is 0.625. The number of rotatable bonds is 4. The molecule has 2 aliphatic carbocycles. The summed E-state index contributed by atoms with van der Waals surface area (Å²) in [5.41, 5.74) is 7.12. The highest BCUT2D eigenvalue weighted by Gasteiger charge is 2.39. The summed E-state index contributed by atoms with van der Waals surface area (Å²) in [7, 11) is 0. The fourth-order valence-electron chi connectivity index (χ4n) is 3.79. The van der Waals surface area contributed by atoms with Crippen LogP contribution in [0.15, 0.2) is 22.7 Å². The Balaban J connectivity index is 1.67.